The molecule has 0 bridgehead atoms. The van der Waals surface area contributed by atoms with Crippen LogP contribution in [0.25, 0.3) is 33.1 Å². The van der Waals surface area contributed by atoms with E-state index < -0.39 is 43.3 Å². The van der Waals surface area contributed by atoms with E-state index in [1.165, 1.54) is 6.20 Å². The van der Waals surface area contributed by atoms with Crippen molar-refractivity contribution < 1.29 is 42.1 Å². The molecule has 3 aliphatic rings. The first-order chi connectivity index (χ1) is 35.2. The number of carbonyl (C=O) groups excluding carboxylic acids is 2. The maximum atomic E-state index is 17.7. The SMILES string of the molecule is C[C@@]1(NC(=O)OCCCCc2c(Cl)cc3c(cnn3COCC[Si](C)(C)C)c2-c2ncc3c(OCc4ccccc4)nc(OC[C@@]45CCCN4C[C@H](F)C5)nc3c2F)CCCN(C(=O)OCc2ccccc2)C1. The summed E-state index contributed by atoms with van der Waals surface area (Å²) in [6.45, 7) is 12.0. The maximum absolute atomic E-state index is 17.7. The van der Waals surface area contributed by atoms with Crippen LogP contribution >= 0.6 is 11.6 Å². The van der Waals surface area contributed by atoms with Crippen LogP contribution in [0.15, 0.2) is 79.1 Å². The zero-order valence-electron chi connectivity index (χ0n) is 42.1. The van der Waals surface area contributed by atoms with Gasteiger partial charge in [0.1, 0.15) is 43.9 Å². The fourth-order valence-electron chi connectivity index (χ4n) is 10.3. The van der Waals surface area contributed by atoms with Crippen LogP contribution in [0.3, 0.4) is 0 Å². The summed E-state index contributed by atoms with van der Waals surface area (Å²) in [5, 5.41) is 8.91. The lowest BCUT2D eigenvalue weighted by molar-refractivity contribution is 0.0650. The van der Waals surface area contributed by atoms with Crippen LogP contribution in [0, 0.1) is 5.82 Å². The van der Waals surface area contributed by atoms with E-state index in [0.29, 0.717) is 85.3 Å². The Morgan fingerprint density at radius 1 is 0.904 bits per heavy atom. The lowest BCUT2D eigenvalue weighted by atomic mass is 9.91. The molecule has 15 nitrogen and oxygen atoms in total. The predicted molar refractivity (Wildman–Crippen MR) is 278 cm³/mol. The molecule has 3 aromatic heterocycles. The molecule has 388 valence electrons. The van der Waals surface area contributed by atoms with Crippen molar-refractivity contribution in [2.45, 2.75) is 121 Å². The van der Waals surface area contributed by atoms with Crippen molar-refractivity contribution in [2.75, 3.05) is 46.0 Å². The topological polar surface area (TPSA) is 155 Å². The molecule has 3 saturated heterocycles. The van der Waals surface area contributed by atoms with Crippen LogP contribution in [0.4, 0.5) is 18.4 Å². The third-order valence-corrected chi connectivity index (χ3v) is 16.2. The summed E-state index contributed by atoms with van der Waals surface area (Å²) in [7, 11) is -1.36. The average Bonchev–Trinajstić information content (AvgIpc) is 4.05. The highest BCUT2D eigenvalue weighted by Gasteiger charge is 2.49. The van der Waals surface area contributed by atoms with Gasteiger partial charge in [0.15, 0.2) is 5.82 Å². The molecule has 0 unspecified atom stereocenters. The molecule has 73 heavy (non-hydrogen) atoms. The number of hydrogen-bond acceptors (Lipinski definition) is 12. The van der Waals surface area contributed by atoms with E-state index in [9.17, 15) is 14.0 Å². The van der Waals surface area contributed by atoms with Gasteiger partial charge in [-0.05, 0) is 87.2 Å². The Labute approximate surface area is 430 Å². The number of hydrogen-bond donors (Lipinski definition) is 1. The molecular formula is C54H65ClF2N8O7Si. The van der Waals surface area contributed by atoms with Crippen molar-refractivity contribution in [3.63, 3.8) is 0 Å². The van der Waals surface area contributed by atoms with Crippen molar-refractivity contribution in [3.8, 4) is 23.1 Å². The van der Waals surface area contributed by atoms with Crippen LogP contribution in [0.5, 0.6) is 11.9 Å². The fraction of sp³-hybridized carbons (Fsp3) is 0.481. The second-order valence-electron chi connectivity index (χ2n) is 21.1. The summed E-state index contributed by atoms with van der Waals surface area (Å²) in [6.07, 6.45) is 5.97. The summed E-state index contributed by atoms with van der Waals surface area (Å²) in [4.78, 5) is 44.0. The number of fused-ring (bicyclic) bond motifs is 3. The van der Waals surface area contributed by atoms with Gasteiger partial charge in [-0.2, -0.15) is 15.1 Å². The van der Waals surface area contributed by atoms with E-state index in [4.69, 9.17) is 40.3 Å². The second-order valence-corrected chi connectivity index (χ2v) is 27.1. The van der Waals surface area contributed by atoms with Gasteiger partial charge in [-0.1, -0.05) is 91.9 Å². The Morgan fingerprint density at radius 3 is 2.42 bits per heavy atom. The Balaban J connectivity index is 0.949. The highest BCUT2D eigenvalue weighted by Crippen LogP contribution is 2.42. The van der Waals surface area contributed by atoms with Crippen molar-refractivity contribution in [1.82, 2.24) is 39.8 Å². The molecule has 19 heteroatoms. The standard InChI is InChI=1S/C54H65ClF2N8O7Si/c1-53(20-13-22-63(34-53)52(67)71-33-38-17-9-6-10-18-38)62-51(66)69-24-12-11-19-40-43(55)27-44-41(30-59-65(44)36-68-25-26-73(2,3)4)45(40)48-46(57)47-42(29-58-48)49(70-32-37-15-7-5-8-16-37)61-50(60-47)72-35-54-21-14-23-64(54)31-39(56)28-54/h5-10,15-18,27,29-30,39H,11-14,19-26,28,31-36H2,1-4H3,(H,62,66)/t39-,53-,54+/m1/s1. The van der Waals surface area contributed by atoms with Crippen molar-refractivity contribution >= 4 is 53.7 Å². The number of pyridine rings is 1. The molecular weight excluding hydrogens is 974 g/mol. The van der Waals surface area contributed by atoms with Gasteiger partial charge in [-0.25, -0.2) is 23.1 Å². The fourth-order valence-corrected chi connectivity index (χ4v) is 11.3. The van der Waals surface area contributed by atoms with Gasteiger partial charge in [0.25, 0.3) is 0 Å². The molecule has 3 atom stereocenters. The number of benzene rings is 3. The summed E-state index contributed by atoms with van der Waals surface area (Å²) >= 11 is 7.20. The molecule has 3 fully saturated rings. The number of halogens is 3. The Kier molecular flexibility index (Phi) is 16.1. The van der Waals surface area contributed by atoms with Crippen LogP contribution in [0.2, 0.25) is 30.7 Å². The lowest BCUT2D eigenvalue weighted by Gasteiger charge is -2.40. The number of likely N-dealkylation sites (tertiary alicyclic amines) is 1. The van der Waals surface area contributed by atoms with Crippen LogP contribution in [0.1, 0.15) is 68.6 Å². The van der Waals surface area contributed by atoms with Gasteiger partial charge in [-0.3, -0.25) is 9.88 Å². The van der Waals surface area contributed by atoms with Crippen LogP contribution in [-0.2, 0) is 40.6 Å². The number of alkyl halides is 1. The Morgan fingerprint density at radius 2 is 1.66 bits per heavy atom. The Hall–Kier alpha value is -5.95. The lowest BCUT2D eigenvalue weighted by Crippen LogP contribution is -2.58. The van der Waals surface area contributed by atoms with Gasteiger partial charge in [0.2, 0.25) is 5.88 Å². The predicted octanol–water partition coefficient (Wildman–Crippen LogP) is 10.9. The molecule has 0 radical (unpaired) electrons. The monoisotopic (exact) mass is 1040 g/mol. The van der Waals surface area contributed by atoms with E-state index in [0.717, 1.165) is 36.6 Å². The van der Waals surface area contributed by atoms with E-state index in [2.05, 4.69) is 44.9 Å². The molecule has 0 aliphatic carbocycles. The average molecular weight is 1040 g/mol. The zero-order valence-corrected chi connectivity index (χ0v) is 43.9. The van der Waals surface area contributed by atoms with Crippen LogP contribution in [-0.4, -0.2) is 118 Å². The number of piperidine rings is 1. The zero-order chi connectivity index (χ0) is 51.2. The first-order valence-electron chi connectivity index (χ1n) is 25.4. The maximum Gasteiger partial charge on any atom is 0.410 e. The number of nitrogens with zero attached hydrogens (tertiary/aromatic N) is 7. The van der Waals surface area contributed by atoms with Crippen molar-refractivity contribution in [1.29, 1.82) is 0 Å². The molecule has 1 N–H and O–H groups in total. The van der Waals surface area contributed by atoms with Crippen LogP contribution < -0.4 is 14.8 Å². The minimum atomic E-state index is -1.36. The minimum absolute atomic E-state index is 0.00108. The van der Waals surface area contributed by atoms with Gasteiger partial charge in [0.05, 0.1) is 34.8 Å². The number of amides is 2. The quantitative estimate of drug-likeness (QED) is 0.0571. The van der Waals surface area contributed by atoms with E-state index in [1.54, 1.807) is 15.8 Å². The molecule has 6 aromatic rings. The van der Waals surface area contributed by atoms with E-state index in [1.807, 2.05) is 73.7 Å². The number of alkyl carbamates (subject to hydrolysis) is 1. The second kappa shape index (κ2) is 22.7. The highest BCUT2D eigenvalue weighted by atomic mass is 35.5. The third-order valence-electron chi connectivity index (χ3n) is 14.1. The molecule has 6 heterocycles. The van der Waals surface area contributed by atoms with E-state index >= 15 is 4.39 Å². The molecule has 9 rings (SSSR count). The number of nitrogens with one attached hydrogen (secondary N) is 1. The van der Waals surface area contributed by atoms with E-state index in [-0.39, 0.29) is 68.2 Å². The normalized spacial score (nSPS) is 20.1. The largest absolute Gasteiger partial charge is 0.472 e. The van der Waals surface area contributed by atoms with Gasteiger partial charge in [-0.15, -0.1) is 0 Å². The molecule has 0 saturated carbocycles. The molecule has 2 amide bonds. The van der Waals surface area contributed by atoms with Gasteiger partial charge >= 0.3 is 18.2 Å². The number of unbranched alkanes of at least 4 members (excludes halogenated alkanes) is 1. The number of aromatic nitrogens is 5. The molecule has 3 aliphatic heterocycles. The molecule has 3 aromatic carbocycles. The van der Waals surface area contributed by atoms with Crippen molar-refractivity contribution in [3.05, 3.63) is 107 Å². The van der Waals surface area contributed by atoms with Gasteiger partial charge in [0, 0.05) is 62.9 Å². The number of carbonyl (C=O) groups is 2. The first-order valence-corrected chi connectivity index (χ1v) is 29.4. The summed E-state index contributed by atoms with van der Waals surface area (Å²) in [5.74, 6) is -0.639. The smallest absolute Gasteiger partial charge is 0.410 e. The van der Waals surface area contributed by atoms with Gasteiger partial charge < -0.3 is 33.9 Å². The highest BCUT2D eigenvalue weighted by molar-refractivity contribution is 6.76. The third kappa shape index (κ3) is 12.5. The number of ether oxygens (including phenoxy) is 5. The number of rotatable bonds is 20. The minimum Gasteiger partial charge on any atom is -0.472 e. The first kappa shape index (κ1) is 51.9. The summed E-state index contributed by atoms with van der Waals surface area (Å²) in [5.41, 5.74) is 2.22. The van der Waals surface area contributed by atoms with Crippen molar-refractivity contribution in [2.24, 2.45) is 0 Å². The summed E-state index contributed by atoms with van der Waals surface area (Å²) in [6, 6.07) is 21.8. The Bertz CT molecular complexity index is 2900. The summed E-state index contributed by atoms with van der Waals surface area (Å²) < 4.78 is 64.1. The molecule has 0 spiro atoms.